The van der Waals surface area contributed by atoms with Crippen LogP contribution in [0.1, 0.15) is 13.8 Å². The maximum Gasteiger partial charge on any atom is 0.239 e. The van der Waals surface area contributed by atoms with E-state index >= 15 is 0 Å². The quantitative estimate of drug-likeness (QED) is 0.525. The molecule has 0 bridgehead atoms. The lowest BCUT2D eigenvalue weighted by Gasteiger charge is -2.15. The summed E-state index contributed by atoms with van der Waals surface area (Å²) in [5.74, 6) is 1.02. The first-order valence-electron chi connectivity index (χ1n) is 5.47. The van der Waals surface area contributed by atoms with Crippen LogP contribution >= 0.6 is 0 Å². The summed E-state index contributed by atoms with van der Waals surface area (Å²) in [6.45, 7) is 10.4. The molecule has 5 nitrogen and oxygen atoms in total. The lowest BCUT2D eigenvalue weighted by molar-refractivity contribution is -0.0188. The van der Waals surface area contributed by atoms with Crippen LogP contribution in [0.5, 0.6) is 11.6 Å². The molecule has 0 fully saturated rings. The van der Waals surface area contributed by atoms with Crippen molar-refractivity contribution in [3.8, 4) is 11.6 Å². The molecule has 0 N–H and O–H groups in total. The van der Waals surface area contributed by atoms with Gasteiger partial charge >= 0.3 is 0 Å². The Labute approximate surface area is 107 Å². The molecule has 1 aromatic rings. The zero-order valence-electron chi connectivity index (χ0n) is 10.5. The Balaban J connectivity index is 2.51. The average molecular weight is 251 g/mol. The Morgan fingerprint density at radius 3 is 2.17 bits per heavy atom. The fourth-order valence-electron chi connectivity index (χ4n) is 1.19. The number of ether oxygens (including phenoxy) is 4. The Morgan fingerprint density at radius 2 is 1.67 bits per heavy atom. The van der Waals surface area contributed by atoms with Crippen molar-refractivity contribution in [3.05, 3.63) is 44.0 Å². The van der Waals surface area contributed by atoms with Gasteiger partial charge in [0.2, 0.25) is 18.5 Å². The van der Waals surface area contributed by atoms with Crippen LogP contribution in [0.25, 0.3) is 0 Å². The number of aromatic nitrogens is 1. The third-order valence-electron chi connectivity index (χ3n) is 1.87. The molecule has 18 heavy (non-hydrogen) atoms. The van der Waals surface area contributed by atoms with Crippen LogP contribution in [0.3, 0.4) is 0 Å². The average Bonchev–Trinajstić information content (AvgIpc) is 2.32. The molecule has 0 saturated heterocycles. The Hall–Kier alpha value is -2.17. The van der Waals surface area contributed by atoms with Gasteiger partial charge in [-0.15, -0.1) is 0 Å². The zero-order valence-corrected chi connectivity index (χ0v) is 10.5. The first kappa shape index (κ1) is 13.9. The fraction of sp³-hybridized carbons (Fsp3) is 0.308. The van der Waals surface area contributed by atoms with Gasteiger partial charge in [-0.05, 0) is 6.07 Å². The summed E-state index contributed by atoms with van der Waals surface area (Å²) in [6, 6.07) is 3.41. The van der Waals surface area contributed by atoms with Crippen molar-refractivity contribution in [2.75, 3.05) is 0 Å². The summed E-state index contributed by atoms with van der Waals surface area (Å²) in [5, 5.41) is 0. The molecule has 5 heteroatoms. The molecule has 0 aliphatic heterocycles. The highest BCUT2D eigenvalue weighted by molar-refractivity contribution is 5.22. The first-order valence-corrected chi connectivity index (χ1v) is 5.47. The largest absolute Gasteiger partial charge is 0.463 e. The summed E-state index contributed by atoms with van der Waals surface area (Å²) >= 11 is 0. The maximum atomic E-state index is 5.40. The zero-order chi connectivity index (χ0) is 13.4. The van der Waals surface area contributed by atoms with Crippen LogP contribution in [-0.2, 0) is 9.47 Å². The second-order valence-electron chi connectivity index (χ2n) is 3.31. The molecule has 0 aliphatic carbocycles. The van der Waals surface area contributed by atoms with Crippen molar-refractivity contribution in [3.63, 3.8) is 0 Å². The number of pyridine rings is 1. The number of hydrogen-bond acceptors (Lipinski definition) is 5. The third kappa shape index (κ3) is 4.78. The summed E-state index contributed by atoms with van der Waals surface area (Å²) in [5.41, 5.74) is 0. The van der Waals surface area contributed by atoms with E-state index in [1.807, 2.05) is 0 Å². The lowest BCUT2D eigenvalue weighted by Crippen LogP contribution is -2.15. The van der Waals surface area contributed by atoms with Crippen LogP contribution < -0.4 is 9.47 Å². The van der Waals surface area contributed by atoms with E-state index in [1.165, 1.54) is 12.5 Å². The highest BCUT2D eigenvalue weighted by Crippen LogP contribution is 2.16. The highest BCUT2D eigenvalue weighted by Gasteiger charge is 2.06. The molecule has 1 aromatic heterocycles. The number of rotatable bonds is 8. The first-order chi connectivity index (χ1) is 8.65. The molecule has 0 radical (unpaired) electrons. The van der Waals surface area contributed by atoms with E-state index in [2.05, 4.69) is 18.1 Å². The van der Waals surface area contributed by atoms with Crippen LogP contribution in [0.2, 0.25) is 0 Å². The second-order valence-corrected chi connectivity index (χ2v) is 3.31. The Kier molecular flexibility index (Phi) is 5.57. The summed E-state index contributed by atoms with van der Waals surface area (Å²) in [7, 11) is 0. The van der Waals surface area contributed by atoms with Gasteiger partial charge in [0, 0.05) is 19.9 Å². The maximum absolute atomic E-state index is 5.40. The third-order valence-corrected chi connectivity index (χ3v) is 1.87. The van der Waals surface area contributed by atoms with Gasteiger partial charge in [-0.1, -0.05) is 13.2 Å². The van der Waals surface area contributed by atoms with E-state index in [4.69, 9.17) is 18.9 Å². The summed E-state index contributed by atoms with van der Waals surface area (Å²) in [4.78, 5) is 4.07. The Morgan fingerprint density at radius 1 is 1.06 bits per heavy atom. The second kappa shape index (κ2) is 7.21. The lowest BCUT2D eigenvalue weighted by atomic mass is 10.4. The molecule has 2 unspecified atom stereocenters. The number of nitrogens with zero attached hydrogens (tertiary/aromatic N) is 1. The predicted molar refractivity (Wildman–Crippen MR) is 67.0 cm³/mol. The standard InChI is InChI=1S/C13H17NO4/c1-5-15-10(3)17-12-7-8-13(14-9-12)18-11(4)16-6-2/h5-11H,1-2H2,3-4H3. The topological polar surface area (TPSA) is 49.8 Å². The predicted octanol–water partition coefficient (Wildman–Crippen LogP) is 2.85. The van der Waals surface area contributed by atoms with Gasteiger partial charge in [-0.2, -0.15) is 0 Å². The van der Waals surface area contributed by atoms with Crippen molar-refractivity contribution in [2.45, 2.75) is 26.4 Å². The van der Waals surface area contributed by atoms with Gasteiger partial charge in [-0.25, -0.2) is 4.98 Å². The molecule has 0 aromatic carbocycles. The van der Waals surface area contributed by atoms with E-state index in [1.54, 1.807) is 32.2 Å². The fourth-order valence-corrected chi connectivity index (χ4v) is 1.19. The van der Waals surface area contributed by atoms with Gasteiger partial charge in [0.05, 0.1) is 18.7 Å². The molecular formula is C13H17NO4. The molecule has 0 amide bonds. The molecule has 2 atom stereocenters. The summed E-state index contributed by atoms with van der Waals surface area (Å²) in [6.07, 6.45) is 3.32. The Bertz CT molecular complexity index is 340. The van der Waals surface area contributed by atoms with Gasteiger partial charge in [-0.3, -0.25) is 0 Å². The van der Waals surface area contributed by atoms with Gasteiger partial charge in [0.15, 0.2) is 0 Å². The van der Waals surface area contributed by atoms with Gasteiger partial charge in [0.25, 0.3) is 0 Å². The molecular weight excluding hydrogens is 234 g/mol. The van der Waals surface area contributed by atoms with E-state index in [0.29, 0.717) is 11.6 Å². The molecule has 98 valence electrons. The molecule has 1 heterocycles. The van der Waals surface area contributed by atoms with E-state index < -0.39 is 12.6 Å². The van der Waals surface area contributed by atoms with Gasteiger partial charge < -0.3 is 18.9 Å². The van der Waals surface area contributed by atoms with Crippen molar-refractivity contribution in [2.24, 2.45) is 0 Å². The molecule has 0 spiro atoms. The SMILES string of the molecule is C=COC(C)Oc1ccc(OC(C)OC=C)nc1. The van der Waals surface area contributed by atoms with Crippen LogP contribution in [0.15, 0.2) is 44.0 Å². The molecule has 0 aliphatic rings. The van der Waals surface area contributed by atoms with Crippen LogP contribution in [-0.4, -0.2) is 17.6 Å². The molecule has 1 rings (SSSR count). The molecule has 0 saturated carbocycles. The van der Waals surface area contributed by atoms with Crippen molar-refractivity contribution in [1.29, 1.82) is 0 Å². The van der Waals surface area contributed by atoms with Crippen molar-refractivity contribution in [1.82, 2.24) is 4.98 Å². The van der Waals surface area contributed by atoms with E-state index in [-0.39, 0.29) is 0 Å². The minimum atomic E-state index is -0.440. The van der Waals surface area contributed by atoms with E-state index in [9.17, 15) is 0 Å². The van der Waals surface area contributed by atoms with Crippen molar-refractivity contribution >= 4 is 0 Å². The van der Waals surface area contributed by atoms with E-state index in [0.717, 1.165) is 0 Å². The van der Waals surface area contributed by atoms with Crippen molar-refractivity contribution < 1.29 is 18.9 Å². The van der Waals surface area contributed by atoms with Crippen LogP contribution in [0.4, 0.5) is 0 Å². The van der Waals surface area contributed by atoms with Gasteiger partial charge in [0.1, 0.15) is 5.75 Å². The highest BCUT2D eigenvalue weighted by atomic mass is 16.7. The smallest absolute Gasteiger partial charge is 0.239 e. The summed E-state index contributed by atoms with van der Waals surface area (Å²) < 4.78 is 20.8. The monoisotopic (exact) mass is 251 g/mol. The normalized spacial score (nSPS) is 13.0. The van der Waals surface area contributed by atoms with Crippen LogP contribution in [0, 0.1) is 0 Å². The minimum Gasteiger partial charge on any atom is -0.463 e. The minimum absolute atomic E-state index is 0.418. The number of hydrogen-bond donors (Lipinski definition) is 0.